The molecule has 0 unspecified atom stereocenters. The summed E-state index contributed by atoms with van der Waals surface area (Å²) < 4.78 is 5.98. The van der Waals surface area contributed by atoms with E-state index in [0.29, 0.717) is 0 Å². The first-order valence-corrected chi connectivity index (χ1v) is 6.77. The Morgan fingerprint density at radius 2 is 2.29 bits per heavy atom. The van der Waals surface area contributed by atoms with Crippen LogP contribution < -0.4 is 5.32 Å². The van der Waals surface area contributed by atoms with Crippen molar-refractivity contribution >= 4 is 30.2 Å². The molecule has 0 aromatic carbocycles. The molecule has 0 fully saturated rings. The molecule has 0 radical (unpaired) electrons. The highest BCUT2D eigenvalue weighted by Gasteiger charge is 2.22. The number of aromatic nitrogens is 2. The van der Waals surface area contributed by atoms with Gasteiger partial charge in [0, 0.05) is 5.75 Å². The number of ether oxygens (including phenoxy) is 1. The van der Waals surface area contributed by atoms with E-state index >= 15 is 0 Å². The number of carbonyl (C=O) groups is 2. The molecule has 0 aliphatic carbocycles. The van der Waals surface area contributed by atoms with Crippen molar-refractivity contribution in [3.05, 3.63) is 22.0 Å². The molecule has 1 amide bonds. The summed E-state index contributed by atoms with van der Waals surface area (Å²) in [4.78, 5) is 33.5. The number of hydrogen-bond donors (Lipinski definition) is 2. The molecule has 1 aromatic heterocycles. The van der Waals surface area contributed by atoms with E-state index in [0.717, 1.165) is 6.20 Å². The quantitative estimate of drug-likeness (QED) is 0.318. The summed E-state index contributed by atoms with van der Waals surface area (Å²) in [7, 11) is 0. The van der Waals surface area contributed by atoms with Gasteiger partial charge in [-0.05, 0) is 13.8 Å². The van der Waals surface area contributed by atoms with Gasteiger partial charge >= 0.3 is 11.7 Å². The van der Waals surface area contributed by atoms with Crippen molar-refractivity contribution in [2.24, 2.45) is 0 Å². The molecule has 1 aromatic rings. The van der Waals surface area contributed by atoms with Gasteiger partial charge in [0.05, 0.1) is 11.5 Å². The first kappa shape index (κ1) is 17.0. The van der Waals surface area contributed by atoms with Crippen LogP contribution in [0.1, 0.15) is 12.6 Å². The van der Waals surface area contributed by atoms with Crippen LogP contribution in [0.5, 0.6) is 0 Å². The van der Waals surface area contributed by atoms with Gasteiger partial charge in [0.15, 0.2) is 0 Å². The van der Waals surface area contributed by atoms with Crippen molar-refractivity contribution in [3.8, 4) is 0 Å². The van der Waals surface area contributed by atoms with E-state index < -0.39 is 22.8 Å². The lowest BCUT2D eigenvalue weighted by Crippen LogP contribution is -2.44. The number of nitrogens with zero attached hydrogens (tertiary/aromatic N) is 3. The zero-order valence-electron chi connectivity index (χ0n) is 11.6. The zero-order valence-corrected chi connectivity index (χ0v) is 12.5. The fourth-order valence-corrected chi connectivity index (χ4v) is 1.81. The normalized spacial score (nSPS) is 11.8. The third-order valence-corrected chi connectivity index (χ3v) is 3.02. The van der Waals surface area contributed by atoms with Crippen molar-refractivity contribution in [3.63, 3.8) is 0 Å². The van der Waals surface area contributed by atoms with Gasteiger partial charge in [0.2, 0.25) is 5.91 Å². The van der Waals surface area contributed by atoms with E-state index in [1.54, 1.807) is 6.92 Å². The van der Waals surface area contributed by atoms with Crippen LogP contribution in [0.15, 0.2) is 6.20 Å². The largest absolute Gasteiger partial charge is 0.464 e. The minimum Gasteiger partial charge on any atom is -0.464 e. The van der Waals surface area contributed by atoms with E-state index in [1.807, 2.05) is 0 Å². The van der Waals surface area contributed by atoms with Crippen molar-refractivity contribution in [2.75, 3.05) is 12.4 Å². The maximum absolute atomic E-state index is 11.8. The van der Waals surface area contributed by atoms with Crippen molar-refractivity contribution in [2.45, 2.75) is 26.4 Å². The number of nitrogens with one attached hydrogen (secondary N) is 1. The number of thiol groups is 1. The van der Waals surface area contributed by atoms with Crippen LogP contribution in [-0.2, 0) is 20.9 Å². The Kier molecular flexibility index (Phi) is 6.15. The molecule has 116 valence electrons. The lowest BCUT2D eigenvalue weighted by Gasteiger charge is -2.15. The molecule has 0 aliphatic rings. The number of carbonyl (C=O) groups excluding carboxylic acids is 2. The van der Waals surface area contributed by atoms with E-state index in [9.17, 15) is 19.7 Å². The molecule has 0 aliphatic heterocycles. The molecule has 1 atom stereocenters. The van der Waals surface area contributed by atoms with Gasteiger partial charge in [0.1, 0.15) is 24.5 Å². The Balaban J connectivity index is 2.69. The predicted octanol–water partition coefficient (Wildman–Crippen LogP) is 0.0774. The van der Waals surface area contributed by atoms with E-state index in [4.69, 9.17) is 4.74 Å². The third kappa shape index (κ3) is 4.45. The molecule has 9 nitrogen and oxygen atoms in total. The first-order valence-electron chi connectivity index (χ1n) is 6.14. The lowest BCUT2D eigenvalue weighted by atomic mass is 10.3. The van der Waals surface area contributed by atoms with Crippen LogP contribution >= 0.6 is 12.6 Å². The summed E-state index contributed by atoms with van der Waals surface area (Å²) in [6.07, 6.45) is 1.07. The van der Waals surface area contributed by atoms with Gasteiger partial charge in [-0.15, -0.1) is 0 Å². The Morgan fingerprint density at radius 3 is 2.76 bits per heavy atom. The first-order chi connectivity index (χ1) is 9.90. The molecule has 0 bridgehead atoms. The second-order valence-electron chi connectivity index (χ2n) is 4.08. The molecule has 0 spiro atoms. The highest BCUT2D eigenvalue weighted by Crippen LogP contribution is 2.15. The number of hydrogen-bond acceptors (Lipinski definition) is 7. The van der Waals surface area contributed by atoms with Gasteiger partial charge in [-0.3, -0.25) is 19.6 Å². The van der Waals surface area contributed by atoms with E-state index in [-0.39, 0.29) is 30.3 Å². The molecule has 10 heteroatoms. The van der Waals surface area contributed by atoms with Gasteiger partial charge in [-0.1, -0.05) is 0 Å². The van der Waals surface area contributed by atoms with Gasteiger partial charge in [-0.25, -0.2) is 4.79 Å². The van der Waals surface area contributed by atoms with Crippen LogP contribution in [0.25, 0.3) is 0 Å². The number of nitro groups is 1. The number of esters is 1. The van der Waals surface area contributed by atoms with Gasteiger partial charge in [0.25, 0.3) is 0 Å². The molecule has 21 heavy (non-hydrogen) atoms. The molecule has 1 rings (SSSR count). The molecule has 0 saturated carbocycles. The second-order valence-corrected chi connectivity index (χ2v) is 4.45. The summed E-state index contributed by atoms with van der Waals surface area (Å²) in [6, 6.07) is -0.869. The fourth-order valence-electron chi connectivity index (χ4n) is 1.57. The highest BCUT2D eigenvalue weighted by atomic mass is 32.1. The highest BCUT2D eigenvalue weighted by molar-refractivity contribution is 7.80. The number of amides is 1. The molecular weight excluding hydrogens is 300 g/mol. The average molecular weight is 316 g/mol. The summed E-state index contributed by atoms with van der Waals surface area (Å²) in [5, 5.41) is 16.9. The van der Waals surface area contributed by atoms with Crippen molar-refractivity contribution in [1.82, 2.24) is 15.1 Å². The summed E-state index contributed by atoms with van der Waals surface area (Å²) in [6.45, 7) is 3.11. The molecule has 0 saturated heterocycles. The summed E-state index contributed by atoms with van der Waals surface area (Å²) >= 11 is 3.97. The zero-order chi connectivity index (χ0) is 16.0. The Bertz CT molecular complexity index is 545. The second kappa shape index (κ2) is 7.62. The van der Waals surface area contributed by atoms with E-state index in [2.05, 4.69) is 23.0 Å². The van der Waals surface area contributed by atoms with Crippen LogP contribution in [-0.4, -0.2) is 45.0 Å². The minimum atomic E-state index is -0.869. The Labute approximate surface area is 126 Å². The van der Waals surface area contributed by atoms with Crippen LogP contribution in [0.3, 0.4) is 0 Å². The van der Waals surface area contributed by atoms with Crippen molar-refractivity contribution in [1.29, 1.82) is 0 Å². The maximum Gasteiger partial charge on any atom is 0.329 e. The van der Waals surface area contributed by atoms with Crippen LogP contribution in [0.2, 0.25) is 0 Å². The number of rotatable bonds is 7. The van der Waals surface area contributed by atoms with E-state index in [1.165, 1.54) is 11.6 Å². The topological polar surface area (TPSA) is 116 Å². The fraction of sp³-hybridized carbons (Fsp3) is 0.545. The Morgan fingerprint density at radius 1 is 1.62 bits per heavy atom. The molecular formula is C11H16N4O5S. The standard InChI is InChI=1S/C11H16N4O5S/c1-3-20-11(17)8(6-21)13-10(16)5-14-7(2)9(4-12-14)15(18)19/h4,8,21H,3,5-6H2,1-2H3,(H,13,16)/t8-/m1/s1. The molecule has 1 heterocycles. The molecule has 1 N–H and O–H groups in total. The predicted molar refractivity (Wildman–Crippen MR) is 76.0 cm³/mol. The minimum absolute atomic E-state index is 0.0861. The van der Waals surface area contributed by atoms with Crippen LogP contribution in [0.4, 0.5) is 5.69 Å². The van der Waals surface area contributed by atoms with Crippen molar-refractivity contribution < 1.29 is 19.2 Å². The lowest BCUT2D eigenvalue weighted by molar-refractivity contribution is -0.385. The smallest absolute Gasteiger partial charge is 0.329 e. The summed E-state index contributed by atoms with van der Waals surface area (Å²) in [5.41, 5.74) is 0.0904. The van der Waals surface area contributed by atoms with Gasteiger partial charge in [-0.2, -0.15) is 17.7 Å². The van der Waals surface area contributed by atoms with Crippen LogP contribution in [0, 0.1) is 17.0 Å². The Hall–Kier alpha value is -2.10. The monoisotopic (exact) mass is 316 g/mol. The maximum atomic E-state index is 11.8. The SMILES string of the molecule is CCOC(=O)[C@@H](CS)NC(=O)Cn1ncc([N+](=O)[O-])c1C. The third-order valence-electron chi connectivity index (χ3n) is 2.66. The van der Waals surface area contributed by atoms with Gasteiger partial charge < -0.3 is 10.1 Å². The summed E-state index contributed by atoms with van der Waals surface area (Å²) in [5.74, 6) is -1.00. The average Bonchev–Trinajstić information content (AvgIpc) is 2.77.